The second kappa shape index (κ2) is 12.0. The minimum absolute atomic E-state index is 0.139. The van der Waals surface area contributed by atoms with Crippen LogP contribution in [0.15, 0.2) is 78.2 Å². The number of nitrogens with zero attached hydrogens (tertiary/aromatic N) is 2. The molecule has 0 aliphatic carbocycles. The number of ether oxygens (including phenoxy) is 1. The molecule has 0 unspecified atom stereocenters. The zero-order chi connectivity index (χ0) is 28.1. The maximum Gasteiger partial charge on any atom is 0.326 e. The van der Waals surface area contributed by atoms with Crippen molar-refractivity contribution in [2.45, 2.75) is 46.0 Å². The first-order valence-corrected chi connectivity index (χ1v) is 13.2. The van der Waals surface area contributed by atoms with Gasteiger partial charge in [-0.2, -0.15) is 0 Å². The van der Waals surface area contributed by atoms with E-state index in [1.54, 1.807) is 31.5 Å². The summed E-state index contributed by atoms with van der Waals surface area (Å²) in [5.74, 6) is 1.07. The summed E-state index contributed by atoms with van der Waals surface area (Å²) in [6.07, 6.45) is 3.89. The van der Waals surface area contributed by atoms with Crippen LogP contribution in [0.25, 0.3) is 22.2 Å². The van der Waals surface area contributed by atoms with Gasteiger partial charge in [0.05, 0.1) is 7.11 Å². The number of hydrogen-bond acceptors (Lipinski definition) is 4. The molecule has 2 amide bonds. The molecular formula is C32H36N4O3. The highest BCUT2D eigenvalue weighted by Crippen LogP contribution is 2.38. The summed E-state index contributed by atoms with van der Waals surface area (Å²) in [5, 5.41) is 3.93. The fraction of sp³-hybridized carbons (Fsp3) is 0.281. The number of aromatic nitrogens is 2. The molecule has 2 aromatic heterocycles. The number of anilines is 2. The number of pyridine rings is 2. The van der Waals surface area contributed by atoms with Gasteiger partial charge < -0.3 is 15.0 Å². The lowest BCUT2D eigenvalue weighted by atomic mass is 9.88. The Hall–Kier alpha value is -4.39. The fourth-order valence-electron chi connectivity index (χ4n) is 4.66. The Bertz CT molecular complexity index is 1530. The molecule has 0 saturated heterocycles. The first-order valence-electron chi connectivity index (χ1n) is 13.2. The minimum Gasteiger partial charge on any atom is -0.497 e. The topological polar surface area (TPSA) is 87.3 Å². The smallest absolute Gasteiger partial charge is 0.326 e. The highest BCUT2D eigenvalue weighted by atomic mass is 16.5. The van der Waals surface area contributed by atoms with E-state index in [0.717, 1.165) is 39.1 Å². The molecule has 4 aromatic rings. The number of carbonyl (C=O) groups is 1. The predicted molar refractivity (Wildman–Crippen MR) is 160 cm³/mol. The largest absolute Gasteiger partial charge is 0.497 e. The van der Waals surface area contributed by atoms with Crippen molar-refractivity contribution in [3.05, 3.63) is 94.9 Å². The van der Waals surface area contributed by atoms with Crippen LogP contribution in [0.4, 0.5) is 16.2 Å². The Morgan fingerprint density at radius 1 is 1.05 bits per heavy atom. The van der Waals surface area contributed by atoms with Gasteiger partial charge in [-0.05, 0) is 83.0 Å². The van der Waals surface area contributed by atoms with Gasteiger partial charge in [0.25, 0.3) is 5.56 Å². The third-order valence-electron chi connectivity index (χ3n) is 6.77. The molecule has 0 aliphatic heterocycles. The molecule has 0 bridgehead atoms. The van der Waals surface area contributed by atoms with Crippen molar-refractivity contribution in [3.63, 3.8) is 0 Å². The molecule has 7 nitrogen and oxygen atoms in total. The predicted octanol–water partition coefficient (Wildman–Crippen LogP) is 7.46. The monoisotopic (exact) mass is 524 g/mol. The van der Waals surface area contributed by atoms with Crippen molar-refractivity contribution in [1.29, 1.82) is 0 Å². The van der Waals surface area contributed by atoms with Crippen molar-refractivity contribution < 1.29 is 9.53 Å². The van der Waals surface area contributed by atoms with E-state index in [9.17, 15) is 9.59 Å². The van der Waals surface area contributed by atoms with Crippen LogP contribution in [0.1, 0.15) is 57.1 Å². The third-order valence-corrected chi connectivity index (χ3v) is 6.77. The van der Waals surface area contributed by atoms with E-state index in [1.165, 1.54) is 4.90 Å². The molecule has 0 saturated carbocycles. The van der Waals surface area contributed by atoms with Crippen LogP contribution in [0.5, 0.6) is 5.75 Å². The van der Waals surface area contributed by atoms with Gasteiger partial charge in [0.1, 0.15) is 17.1 Å². The lowest BCUT2D eigenvalue weighted by Gasteiger charge is -2.26. The molecular weight excluding hydrogens is 488 g/mol. The van der Waals surface area contributed by atoms with Gasteiger partial charge in [0.2, 0.25) is 0 Å². The van der Waals surface area contributed by atoms with Crippen LogP contribution >= 0.6 is 0 Å². The normalized spacial score (nSPS) is 11.2. The number of hydrogen-bond donors (Lipinski definition) is 2. The number of H-pyrrole nitrogens is 1. The Kier molecular flexibility index (Phi) is 8.49. The Morgan fingerprint density at radius 3 is 2.41 bits per heavy atom. The number of urea groups is 1. The summed E-state index contributed by atoms with van der Waals surface area (Å²) >= 11 is 0. The number of nitrogens with one attached hydrogen (secondary N) is 2. The molecule has 2 N–H and O–H groups in total. The molecule has 0 atom stereocenters. The van der Waals surface area contributed by atoms with Gasteiger partial charge in [0.15, 0.2) is 0 Å². The highest BCUT2D eigenvalue weighted by Gasteiger charge is 2.24. The zero-order valence-electron chi connectivity index (χ0n) is 23.2. The molecule has 4 rings (SSSR count). The molecule has 0 fully saturated rings. The van der Waals surface area contributed by atoms with Gasteiger partial charge in [-0.15, -0.1) is 6.58 Å². The maximum atomic E-state index is 13.9. The van der Waals surface area contributed by atoms with Crippen molar-refractivity contribution in [1.82, 2.24) is 9.97 Å². The third kappa shape index (κ3) is 6.03. The first-order chi connectivity index (χ1) is 18.7. The van der Waals surface area contributed by atoms with Crippen molar-refractivity contribution in [3.8, 4) is 16.9 Å². The molecule has 2 aromatic carbocycles. The first kappa shape index (κ1) is 27.6. The lowest BCUT2D eigenvalue weighted by molar-refractivity contribution is 0.257. The van der Waals surface area contributed by atoms with Crippen LogP contribution in [0.3, 0.4) is 0 Å². The van der Waals surface area contributed by atoms with E-state index in [1.807, 2.05) is 24.3 Å². The summed E-state index contributed by atoms with van der Waals surface area (Å²) in [4.78, 5) is 35.4. The number of methoxy groups -OCH3 is 1. The number of amides is 2. The van der Waals surface area contributed by atoms with Crippen LogP contribution in [0, 0.1) is 0 Å². The number of fused-ring (bicyclic) bond motifs is 1. The van der Waals surface area contributed by atoms with Gasteiger partial charge in [-0.1, -0.05) is 45.9 Å². The second-order valence-electron chi connectivity index (χ2n) is 10.2. The Morgan fingerprint density at radius 2 is 1.77 bits per heavy atom. The van der Waals surface area contributed by atoms with E-state index in [2.05, 4.69) is 67.8 Å². The van der Waals surface area contributed by atoms with Crippen LogP contribution in [-0.2, 0) is 0 Å². The molecule has 202 valence electrons. The maximum absolute atomic E-state index is 13.9. The SMILES string of the molecule is C=CCCN(C(=O)Nc1c(C(C)C)cc(-c2cccc(OC)c2)cc1C(C)C)c1cc2cccnc2[nH]c1=O. The molecule has 0 aliphatic rings. The molecule has 2 heterocycles. The molecule has 0 spiro atoms. The minimum atomic E-state index is -0.373. The van der Waals surface area contributed by atoms with Gasteiger partial charge in [-0.3, -0.25) is 9.69 Å². The summed E-state index contributed by atoms with van der Waals surface area (Å²) in [5.41, 5.74) is 5.29. The van der Waals surface area contributed by atoms with Crippen LogP contribution in [0.2, 0.25) is 0 Å². The second-order valence-corrected chi connectivity index (χ2v) is 10.2. The van der Waals surface area contributed by atoms with E-state index in [-0.39, 0.29) is 29.1 Å². The Labute approximate surface area is 229 Å². The average molecular weight is 525 g/mol. The summed E-state index contributed by atoms with van der Waals surface area (Å²) < 4.78 is 5.44. The van der Waals surface area contributed by atoms with Crippen molar-refractivity contribution >= 4 is 28.4 Å². The summed E-state index contributed by atoms with van der Waals surface area (Å²) in [6, 6.07) is 17.2. The summed E-state index contributed by atoms with van der Waals surface area (Å²) in [7, 11) is 1.66. The van der Waals surface area contributed by atoms with Crippen molar-refractivity contribution in [2.75, 3.05) is 23.9 Å². The zero-order valence-corrected chi connectivity index (χ0v) is 23.2. The number of carbonyl (C=O) groups excluding carboxylic acids is 1. The van der Waals surface area contributed by atoms with Crippen LogP contribution < -0.4 is 20.5 Å². The van der Waals surface area contributed by atoms with E-state index in [4.69, 9.17) is 4.74 Å². The number of benzene rings is 2. The molecule has 7 heteroatoms. The molecule has 39 heavy (non-hydrogen) atoms. The molecule has 0 radical (unpaired) electrons. The van der Waals surface area contributed by atoms with Crippen LogP contribution in [-0.4, -0.2) is 29.7 Å². The van der Waals surface area contributed by atoms with Crippen molar-refractivity contribution in [2.24, 2.45) is 0 Å². The van der Waals surface area contributed by atoms with Gasteiger partial charge in [0, 0.05) is 23.8 Å². The fourth-order valence-corrected chi connectivity index (χ4v) is 4.66. The quantitative estimate of drug-likeness (QED) is 0.223. The number of aromatic amines is 1. The van der Waals surface area contributed by atoms with E-state index >= 15 is 0 Å². The summed E-state index contributed by atoms with van der Waals surface area (Å²) in [6.45, 7) is 12.6. The van der Waals surface area contributed by atoms with E-state index < -0.39 is 0 Å². The Balaban J connectivity index is 1.80. The van der Waals surface area contributed by atoms with E-state index in [0.29, 0.717) is 18.6 Å². The van der Waals surface area contributed by atoms with Gasteiger partial charge >= 0.3 is 6.03 Å². The average Bonchev–Trinajstić information content (AvgIpc) is 2.93. The lowest BCUT2D eigenvalue weighted by Crippen LogP contribution is -2.39. The number of rotatable bonds is 9. The van der Waals surface area contributed by atoms with Gasteiger partial charge in [-0.25, -0.2) is 9.78 Å². The standard InChI is InChI=1S/C32H36N4O3/c1-7-8-15-36(28-19-23-12-10-14-33-30(23)35-31(28)37)32(38)34-29-26(20(2)3)17-24(18-27(29)21(4)5)22-11-9-13-25(16-22)39-6/h7,9-14,16-21H,1,8,15H2,2-6H3,(H,34,38)(H,33,35,37). The highest BCUT2D eigenvalue weighted by molar-refractivity contribution is 6.03.